The summed E-state index contributed by atoms with van der Waals surface area (Å²) in [5, 5.41) is 4.85. The van der Waals surface area contributed by atoms with Crippen molar-refractivity contribution in [2.75, 3.05) is 6.54 Å². The van der Waals surface area contributed by atoms with Gasteiger partial charge in [0.2, 0.25) is 0 Å². The number of amides is 1. The summed E-state index contributed by atoms with van der Waals surface area (Å²) in [6, 6.07) is 3.84. The Balaban J connectivity index is 1.80. The second-order valence-electron chi connectivity index (χ2n) is 5.53. The van der Waals surface area contributed by atoms with Crippen LogP contribution in [0.15, 0.2) is 30.7 Å². The van der Waals surface area contributed by atoms with Gasteiger partial charge in [0.15, 0.2) is 0 Å². The van der Waals surface area contributed by atoms with Crippen molar-refractivity contribution in [3.63, 3.8) is 0 Å². The summed E-state index contributed by atoms with van der Waals surface area (Å²) in [6.45, 7) is 1.55. The first-order valence-corrected chi connectivity index (χ1v) is 7.63. The van der Waals surface area contributed by atoms with Gasteiger partial charge in [-0.2, -0.15) is 5.10 Å². The van der Waals surface area contributed by atoms with Crippen LogP contribution in [0.5, 0.6) is 0 Å². The Morgan fingerprint density at radius 1 is 1.48 bits per heavy atom. The standard InChI is InChI=1S/C15H19ClN4O/c1-18-10-12(16)9-14(18)15(21)20-8-3-2-5-13(20)11-19-7-4-6-17-19/h4,6-7,9-10,13H,2-3,5,8,11H2,1H3/t13-/m0/s1. The molecule has 0 aromatic carbocycles. The van der Waals surface area contributed by atoms with Gasteiger partial charge in [-0.25, -0.2) is 0 Å². The zero-order valence-electron chi connectivity index (χ0n) is 12.1. The van der Waals surface area contributed by atoms with Crippen molar-refractivity contribution >= 4 is 17.5 Å². The van der Waals surface area contributed by atoms with Crippen LogP contribution in [0.25, 0.3) is 0 Å². The van der Waals surface area contributed by atoms with Crippen molar-refractivity contribution in [2.24, 2.45) is 7.05 Å². The van der Waals surface area contributed by atoms with Gasteiger partial charge in [-0.3, -0.25) is 9.48 Å². The van der Waals surface area contributed by atoms with Gasteiger partial charge in [0.25, 0.3) is 5.91 Å². The Morgan fingerprint density at radius 3 is 3.00 bits per heavy atom. The first-order valence-electron chi connectivity index (χ1n) is 7.25. The summed E-state index contributed by atoms with van der Waals surface area (Å²) >= 11 is 5.99. The van der Waals surface area contributed by atoms with E-state index in [4.69, 9.17) is 11.6 Å². The van der Waals surface area contributed by atoms with Crippen LogP contribution in [-0.2, 0) is 13.6 Å². The molecule has 1 atom stereocenters. The van der Waals surface area contributed by atoms with Crippen LogP contribution in [0.1, 0.15) is 29.8 Å². The predicted molar refractivity (Wildman–Crippen MR) is 81.3 cm³/mol. The van der Waals surface area contributed by atoms with Crippen molar-refractivity contribution in [1.82, 2.24) is 19.2 Å². The van der Waals surface area contributed by atoms with Gasteiger partial charge >= 0.3 is 0 Å². The molecule has 1 aliphatic rings. The van der Waals surface area contributed by atoms with E-state index >= 15 is 0 Å². The molecule has 6 heteroatoms. The number of piperidine rings is 1. The molecule has 0 unspecified atom stereocenters. The van der Waals surface area contributed by atoms with E-state index in [2.05, 4.69) is 5.10 Å². The first-order chi connectivity index (χ1) is 10.1. The predicted octanol–water partition coefficient (Wildman–Crippen LogP) is 2.57. The van der Waals surface area contributed by atoms with Crippen LogP contribution in [0.3, 0.4) is 0 Å². The smallest absolute Gasteiger partial charge is 0.270 e. The molecule has 0 saturated carbocycles. The number of aromatic nitrogens is 3. The van der Waals surface area contributed by atoms with Gasteiger partial charge in [0.1, 0.15) is 5.69 Å². The molecule has 0 radical (unpaired) electrons. The number of aryl methyl sites for hydroxylation is 1. The van der Waals surface area contributed by atoms with E-state index in [9.17, 15) is 4.79 Å². The topological polar surface area (TPSA) is 43.1 Å². The molecule has 3 heterocycles. The molecule has 21 heavy (non-hydrogen) atoms. The van der Waals surface area contributed by atoms with Crippen molar-refractivity contribution in [3.8, 4) is 0 Å². The molecule has 1 saturated heterocycles. The molecule has 1 aliphatic heterocycles. The lowest BCUT2D eigenvalue weighted by atomic mass is 10.0. The lowest BCUT2D eigenvalue weighted by molar-refractivity contribution is 0.0574. The highest BCUT2D eigenvalue weighted by Gasteiger charge is 2.29. The van der Waals surface area contributed by atoms with E-state index in [1.165, 1.54) is 0 Å². The molecule has 0 bridgehead atoms. The van der Waals surface area contributed by atoms with Crippen LogP contribution in [0.2, 0.25) is 5.02 Å². The van der Waals surface area contributed by atoms with E-state index in [0.29, 0.717) is 10.7 Å². The zero-order chi connectivity index (χ0) is 14.8. The molecule has 1 fully saturated rings. The number of nitrogens with zero attached hydrogens (tertiary/aromatic N) is 4. The Morgan fingerprint density at radius 2 is 2.33 bits per heavy atom. The van der Waals surface area contributed by atoms with Crippen molar-refractivity contribution in [2.45, 2.75) is 31.8 Å². The number of halogens is 1. The summed E-state index contributed by atoms with van der Waals surface area (Å²) in [5.74, 6) is 0.0567. The van der Waals surface area contributed by atoms with Gasteiger partial charge in [-0.15, -0.1) is 0 Å². The largest absolute Gasteiger partial charge is 0.345 e. The third kappa shape index (κ3) is 2.97. The van der Waals surface area contributed by atoms with Crippen molar-refractivity contribution in [3.05, 3.63) is 41.4 Å². The van der Waals surface area contributed by atoms with Crippen LogP contribution < -0.4 is 0 Å². The number of hydrogen-bond acceptors (Lipinski definition) is 2. The summed E-state index contributed by atoms with van der Waals surface area (Å²) in [5.41, 5.74) is 0.646. The minimum absolute atomic E-state index is 0.0567. The van der Waals surface area contributed by atoms with E-state index in [-0.39, 0.29) is 11.9 Å². The fourth-order valence-electron chi connectivity index (χ4n) is 2.97. The second kappa shape index (κ2) is 5.93. The molecule has 0 spiro atoms. The van der Waals surface area contributed by atoms with Crippen LogP contribution in [-0.4, -0.2) is 37.7 Å². The Bertz CT molecular complexity index is 620. The maximum Gasteiger partial charge on any atom is 0.270 e. The quantitative estimate of drug-likeness (QED) is 0.874. The molecule has 5 nitrogen and oxygen atoms in total. The van der Waals surface area contributed by atoms with E-state index in [1.807, 2.05) is 28.9 Å². The Hall–Kier alpha value is -1.75. The molecular formula is C15H19ClN4O. The fraction of sp³-hybridized carbons (Fsp3) is 0.467. The SMILES string of the molecule is Cn1cc(Cl)cc1C(=O)N1CCCC[C@H]1Cn1cccn1. The summed E-state index contributed by atoms with van der Waals surface area (Å²) < 4.78 is 3.69. The number of hydrogen-bond donors (Lipinski definition) is 0. The van der Waals surface area contributed by atoms with Gasteiger partial charge in [0, 0.05) is 32.2 Å². The number of likely N-dealkylation sites (tertiary alicyclic amines) is 1. The average Bonchev–Trinajstić information content (AvgIpc) is 3.08. The van der Waals surface area contributed by atoms with Gasteiger partial charge in [-0.1, -0.05) is 11.6 Å². The monoisotopic (exact) mass is 306 g/mol. The van der Waals surface area contributed by atoms with E-state index in [0.717, 1.165) is 32.4 Å². The van der Waals surface area contributed by atoms with Crippen LogP contribution in [0, 0.1) is 0 Å². The molecule has 1 amide bonds. The normalized spacial score (nSPS) is 19.0. The fourth-order valence-corrected chi connectivity index (χ4v) is 3.22. The maximum absolute atomic E-state index is 12.8. The minimum Gasteiger partial charge on any atom is -0.345 e. The van der Waals surface area contributed by atoms with Crippen molar-refractivity contribution in [1.29, 1.82) is 0 Å². The highest BCUT2D eigenvalue weighted by Crippen LogP contribution is 2.22. The molecule has 112 valence electrons. The van der Waals surface area contributed by atoms with Crippen LogP contribution >= 0.6 is 11.6 Å². The highest BCUT2D eigenvalue weighted by molar-refractivity contribution is 6.31. The minimum atomic E-state index is 0.0567. The Kier molecular flexibility index (Phi) is 4.01. The highest BCUT2D eigenvalue weighted by atomic mass is 35.5. The summed E-state index contributed by atoms with van der Waals surface area (Å²) in [6.07, 6.45) is 8.71. The number of rotatable bonds is 3. The lowest BCUT2D eigenvalue weighted by Gasteiger charge is -2.35. The molecule has 3 rings (SSSR count). The van der Waals surface area contributed by atoms with Gasteiger partial charge < -0.3 is 9.47 Å². The zero-order valence-corrected chi connectivity index (χ0v) is 12.8. The maximum atomic E-state index is 12.8. The molecule has 2 aromatic rings. The van der Waals surface area contributed by atoms with Gasteiger partial charge in [-0.05, 0) is 31.4 Å². The molecule has 2 aromatic heterocycles. The molecular weight excluding hydrogens is 288 g/mol. The van der Waals surface area contributed by atoms with E-state index in [1.54, 1.807) is 23.0 Å². The molecule has 0 N–H and O–H groups in total. The molecule has 0 aliphatic carbocycles. The third-order valence-corrected chi connectivity index (χ3v) is 4.24. The number of carbonyl (C=O) groups is 1. The van der Waals surface area contributed by atoms with Crippen LogP contribution in [0.4, 0.5) is 0 Å². The lowest BCUT2D eigenvalue weighted by Crippen LogP contribution is -2.46. The third-order valence-electron chi connectivity index (χ3n) is 4.04. The Labute approximate surface area is 129 Å². The second-order valence-corrected chi connectivity index (χ2v) is 5.97. The first kappa shape index (κ1) is 14.2. The number of carbonyl (C=O) groups excluding carboxylic acids is 1. The average molecular weight is 307 g/mol. The summed E-state index contributed by atoms with van der Waals surface area (Å²) in [7, 11) is 1.85. The summed E-state index contributed by atoms with van der Waals surface area (Å²) in [4.78, 5) is 14.8. The van der Waals surface area contributed by atoms with E-state index < -0.39 is 0 Å². The van der Waals surface area contributed by atoms with Crippen molar-refractivity contribution < 1.29 is 4.79 Å². The van der Waals surface area contributed by atoms with Gasteiger partial charge in [0.05, 0.1) is 17.6 Å².